The maximum atomic E-state index is 11.5. The van der Waals surface area contributed by atoms with E-state index in [0.29, 0.717) is 12.0 Å². The molecule has 1 N–H and O–H groups in total. The highest BCUT2D eigenvalue weighted by Gasteiger charge is 2.19. The van der Waals surface area contributed by atoms with Crippen LogP contribution in [0.5, 0.6) is 5.75 Å². The van der Waals surface area contributed by atoms with Gasteiger partial charge in [-0.2, -0.15) is 8.42 Å². The predicted octanol–water partition coefficient (Wildman–Crippen LogP) is 4.05. The molecule has 114 valence electrons. The molecular weight excluding hydrogens is 288 g/mol. The summed E-state index contributed by atoms with van der Waals surface area (Å²) in [7, 11) is -4.30. The monoisotopic (exact) mass is 308 g/mol. The van der Waals surface area contributed by atoms with E-state index < -0.39 is 10.1 Å². The summed E-state index contributed by atoms with van der Waals surface area (Å²) < 4.78 is 38.1. The van der Waals surface area contributed by atoms with Gasteiger partial charge in [0.1, 0.15) is 10.6 Å². The van der Waals surface area contributed by atoms with Gasteiger partial charge in [0.05, 0.1) is 6.61 Å². The zero-order chi connectivity index (χ0) is 15.3. The van der Waals surface area contributed by atoms with Crippen LogP contribution in [0.1, 0.15) is 32.6 Å². The molecule has 0 saturated heterocycles. The molecule has 0 fully saturated rings. The Kier molecular flexibility index (Phi) is 5.20. The molecule has 2 rings (SSSR count). The number of unbranched alkanes of at least 4 members (excludes halogenated alkanes) is 3. The molecule has 2 aromatic rings. The van der Waals surface area contributed by atoms with Gasteiger partial charge < -0.3 is 4.74 Å². The molecule has 0 atom stereocenters. The van der Waals surface area contributed by atoms with E-state index in [9.17, 15) is 13.0 Å². The highest BCUT2D eigenvalue weighted by atomic mass is 32.2. The van der Waals surface area contributed by atoms with Gasteiger partial charge in [-0.15, -0.1) is 0 Å². The van der Waals surface area contributed by atoms with E-state index in [1.807, 2.05) is 18.2 Å². The first-order valence-electron chi connectivity index (χ1n) is 7.16. The summed E-state index contributed by atoms with van der Waals surface area (Å²) in [5.74, 6) is 0.243. The highest BCUT2D eigenvalue weighted by Crippen LogP contribution is 2.33. The molecule has 4 nitrogen and oxygen atoms in total. The van der Waals surface area contributed by atoms with Crippen LogP contribution < -0.4 is 4.74 Å². The molecule has 0 radical (unpaired) electrons. The number of benzene rings is 2. The molecule has 0 bridgehead atoms. The van der Waals surface area contributed by atoms with Gasteiger partial charge in [-0.25, -0.2) is 0 Å². The second kappa shape index (κ2) is 6.91. The zero-order valence-corrected chi connectivity index (χ0v) is 12.9. The van der Waals surface area contributed by atoms with E-state index >= 15 is 0 Å². The van der Waals surface area contributed by atoms with E-state index in [-0.39, 0.29) is 10.6 Å². The summed E-state index contributed by atoms with van der Waals surface area (Å²) in [6, 6.07) is 10.4. The molecule has 0 spiro atoms. The van der Waals surface area contributed by atoms with E-state index in [2.05, 4.69) is 6.92 Å². The number of hydrogen-bond acceptors (Lipinski definition) is 3. The first-order valence-corrected chi connectivity index (χ1v) is 8.60. The van der Waals surface area contributed by atoms with Crippen LogP contribution in [0.25, 0.3) is 10.8 Å². The largest absolute Gasteiger partial charge is 0.491 e. The maximum absolute atomic E-state index is 11.5. The minimum Gasteiger partial charge on any atom is -0.491 e. The normalized spacial score (nSPS) is 11.7. The van der Waals surface area contributed by atoms with Crippen molar-refractivity contribution < 1.29 is 17.7 Å². The molecule has 0 unspecified atom stereocenters. The van der Waals surface area contributed by atoms with Crippen molar-refractivity contribution in [1.82, 2.24) is 0 Å². The molecule has 21 heavy (non-hydrogen) atoms. The lowest BCUT2D eigenvalue weighted by molar-refractivity contribution is 0.300. The standard InChI is InChI=1S/C16H20O4S/c1-2-3-4-7-12-20-16-14-9-6-5-8-13(14)10-11-15(16)21(17,18)19/h5-6,8-11H,2-4,7,12H2,1H3,(H,17,18,19). The Morgan fingerprint density at radius 1 is 1.05 bits per heavy atom. The summed E-state index contributed by atoms with van der Waals surface area (Å²) >= 11 is 0. The van der Waals surface area contributed by atoms with Crippen LogP contribution in [0.4, 0.5) is 0 Å². The molecule has 0 saturated carbocycles. The Hall–Kier alpha value is -1.59. The molecule has 0 aliphatic rings. The third kappa shape index (κ3) is 3.95. The SMILES string of the molecule is CCCCCCOc1c(S(=O)(=O)O)ccc2ccccc12. The van der Waals surface area contributed by atoms with Crippen LogP contribution in [0, 0.1) is 0 Å². The van der Waals surface area contributed by atoms with E-state index in [4.69, 9.17) is 4.74 Å². The van der Waals surface area contributed by atoms with Crippen molar-refractivity contribution in [2.75, 3.05) is 6.61 Å². The van der Waals surface area contributed by atoms with Gasteiger partial charge in [0, 0.05) is 5.39 Å². The fourth-order valence-electron chi connectivity index (χ4n) is 2.28. The zero-order valence-electron chi connectivity index (χ0n) is 12.1. The van der Waals surface area contributed by atoms with E-state index in [0.717, 1.165) is 31.1 Å². The quantitative estimate of drug-likeness (QED) is 0.619. The molecule has 0 aromatic heterocycles. The number of rotatable bonds is 7. The van der Waals surface area contributed by atoms with Crippen molar-refractivity contribution in [2.24, 2.45) is 0 Å². The summed E-state index contributed by atoms with van der Waals surface area (Å²) in [4.78, 5) is -0.170. The first kappa shape index (κ1) is 15.8. The van der Waals surface area contributed by atoms with E-state index in [1.54, 1.807) is 12.1 Å². The van der Waals surface area contributed by atoms with Gasteiger partial charge in [0.2, 0.25) is 0 Å². The minimum atomic E-state index is -4.30. The maximum Gasteiger partial charge on any atom is 0.298 e. The number of ether oxygens (including phenoxy) is 1. The van der Waals surface area contributed by atoms with E-state index in [1.165, 1.54) is 6.07 Å². The summed E-state index contributed by atoms with van der Waals surface area (Å²) in [6.45, 7) is 2.57. The number of hydrogen-bond donors (Lipinski definition) is 1. The molecular formula is C16H20O4S. The van der Waals surface area contributed by atoms with Gasteiger partial charge in [0.15, 0.2) is 0 Å². The third-order valence-electron chi connectivity index (χ3n) is 3.37. The molecule has 0 heterocycles. The second-order valence-electron chi connectivity index (χ2n) is 5.00. The van der Waals surface area contributed by atoms with Crippen LogP contribution in [0.3, 0.4) is 0 Å². The lowest BCUT2D eigenvalue weighted by Crippen LogP contribution is -2.05. The van der Waals surface area contributed by atoms with Crippen molar-refractivity contribution in [3.05, 3.63) is 36.4 Å². The highest BCUT2D eigenvalue weighted by molar-refractivity contribution is 7.86. The van der Waals surface area contributed by atoms with Crippen LogP contribution in [-0.4, -0.2) is 19.6 Å². The van der Waals surface area contributed by atoms with Crippen molar-refractivity contribution in [1.29, 1.82) is 0 Å². The minimum absolute atomic E-state index is 0.170. The van der Waals surface area contributed by atoms with Gasteiger partial charge in [0.25, 0.3) is 10.1 Å². The summed E-state index contributed by atoms with van der Waals surface area (Å²) in [5.41, 5.74) is 0. The van der Waals surface area contributed by atoms with Crippen molar-refractivity contribution in [3.63, 3.8) is 0 Å². The molecule has 5 heteroatoms. The fourth-order valence-corrected chi connectivity index (χ4v) is 2.92. The number of fused-ring (bicyclic) bond motifs is 1. The van der Waals surface area contributed by atoms with Crippen molar-refractivity contribution in [2.45, 2.75) is 37.5 Å². The van der Waals surface area contributed by atoms with Crippen LogP contribution in [0.2, 0.25) is 0 Å². The Morgan fingerprint density at radius 2 is 1.81 bits per heavy atom. The molecule has 2 aromatic carbocycles. The topological polar surface area (TPSA) is 63.6 Å². The Morgan fingerprint density at radius 3 is 2.52 bits per heavy atom. The van der Waals surface area contributed by atoms with Crippen molar-refractivity contribution in [3.8, 4) is 5.75 Å². The summed E-state index contributed by atoms with van der Waals surface area (Å²) in [5, 5.41) is 1.58. The van der Waals surface area contributed by atoms with Crippen molar-refractivity contribution >= 4 is 20.9 Å². The smallest absolute Gasteiger partial charge is 0.298 e. The van der Waals surface area contributed by atoms with Crippen LogP contribution in [0.15, 0.2) is 41.3 Å². The van der Waals surface area contributed by atoms with Crippen LogP contribution in [-0.2, 0) is 10.1 Å². The van der Waals surface area contributed by atoms with Gasteiger partial charge in [-0.05, 0) is 17.9 Å². The lowest BCUT2D eigenvalue weighted by Gasteiger charge is -2.12. The van der Waals surface area contributed by atoms with Gasteiger partial charge >= 0.3 is 0 Å². The Labute approximate surface area is 125 Å². The van der Waals surface area contributed by atoms with Gasteiger partial charge in [-0.3, -0.25) is 4.55 Å². The third-order valence-corrected chi connectivity index (χ3v) is 4.24. The first-order chi connectivity index (χ1) is 10.0. The Bertz CT molecular complexity index is 707. The molecule has 0 aliphatic heterocycles. The second-order valence-corrected chi connectivity index (χ2v) is 6.39. The predicted molar refractivity (Wildman–Crippen MR) is 83.4 cm³/mol. The molecule has 0 amide bonds. The fraction of sp³-hybridized carbons (Fsp3) is 0.375. The molecule has 0 aliphatic carbocycles. The average molecular weight is 308 g/mol. The van der Waals surface area contributed by atoms with Crippen LogP contribution >= 0.6 is 0 Å². The average Bonchev–Trinajstić information content (AvgIpc) is 2.45. The Balaban J connectivity index is 2.33. The van der Waals surface area contributed by atoms with Gasteiger partial charge in [-0.1, -0.05) is 56.5 Å². The lowest BCUT2D eigenvalue weighted by atomic mass is 10.1. The summed E-state index contributed by atoms with van der Waals surface area (Å²) in [6.07, 6.45) is 4.17.